The number of rotatable bonds is 3. The number of hydrogen-bond acceptors (Lipinski definition) is 6. The van der Waals surface area contributed by atoms with Gasteiger partial charge in [-0.15, -0.1) is 0 Å². The first-order chi connectivity index (χ1) is 12.5. The number of benzene rings is 1. The SMILES string of the molecule is COC1=C2CCc3ccc(OC)c(O)c3[C@@]23CCN(C)[C@]1(OC)C(=O)C3. The first-order valence-electron chi connectivity index (χ1n) is 8.93. The average Bonchev–Trinajstić information content (AvgIpc) is 2.81. The number of phenols is 1. The maximum atomic E-state index is 13.3. The fourth-order valence-corrected chi connectivity index (χ4v) is 5.31. The maximum Gasteiger partial charge on any atom is 0.239 e. The molecule has 1 aromatic carbocycles. The molecule has 1 aromatic rings. The largest absolute Gasteiger partial charge is 0.504 e. The van der Waals surface area contributed by atoms with Gasteiger partial charge in [0.15, 0.2) is 23.0 Å². The molecule has 0 unspecified atom stereocenters. The Balaban J connectivity index is 2.07. The molecule has 0 saturated carbocycles. The van der Waals surface area contributed by atoms with Gasteiger partial charge >= 0.3 is 0 Å². The zero-order valence-corrected chi connectivity index (χ0v) is 15.7. The molecule has 1 fully saturated rings. The number of ketones is 1. The van der Waals surface area contributed by atoms with Crippen LogP contribution in [0.2, 0.25) is 0 Å². The number of phenolic OH excluding ortho intramolecular Hbond substituents is 1. The Kier molecular flexibility index (Phi) is 3.82. The van der Waals surface area contributed by atoms with Crippen LogP contribution in [0.25, 0.3) is 0 Å². The van der Waals surface area contributed by atoms with Gasteiger partial charge in [-0.3, -0.25) is 9.69 Å². The molecule has 140 valence electrons. The normalized spacial score (nSPS) is 30.7. The van der Waals surface area contributed by atoms with Crippen molar-refractivity contribution in [2.75, 3.05) is 34.9 Å². The Hall–Kier alpha value is -2.05. The fourth-order valence-electron chi connectivity index (χ4n) is 5.31. The number of aromatic hydroxyl groups is 1. The number of fused-ring (bicyclic) bond motifs is 4. The number of carbonyl (C=O) groups is 1. The Bertz CT molecular complexity index is 817. The average molecular weight is 359 g/mol. The quantitative estimate of drug-likeness (QED) is 0.892. The Morgan fingerprint density at radius 2 is 1.92 bits per heavy atom. The van der Waals surface area contributed by atoms with Crippen molar-refractivity contribution < 1.29 is 24.1 Å². The molecule has 2 aliphatic carbocycles. The van der Waals surface area contributed by atoms with E-state index in [9.17, 15) is 9.90 Å². The van der Waals surface area contributed by atoms with Gasteiger partial charge in [0.25, 0.3) is 0 Å². The van der Waals surface area contributed by atoms with E-state index in [1.165, 1.54) is 0 Å². The minimum absolute atomic E-state index is 0.0318. The Morgan fingerprint density at radius 3 is 2.58 bits per heavy atom. The van der Waals surface area contributed by atoms with E-state index in [0.717, 1.165) is 36.0 Å². The molecule has 0 radical (unpaired) electrons. The van der Waals surface area contributed by atoms with Gasteiger partial charge in [-0.2, -0.15) is 0 Å². The third kappa shape index (κ3) is 1.86. The summed E-state index contributed by atoms with van der Waals surface area (Å²) in [6.45, 7) is 0.659. The summed E-state index contributed by atoms with van der Waals surface area (Å²) >= 11 is 0. The first-order valence-corrected chi connectivity index (χ1v) is 8.93. The van der Waals surface area contributed by atoms with Crippen molar-refractivity contribution in [2.24, 2.45) is 0 Å². The van der Waals surface area contributed by atoms with E-state index >= 15 is 0 Å². The summed E-state index contributed by atoms with van der Waals surface area (Å²) < 4.78 is 16.9. The molecular formula is C20H25NO5. The molecule has 6 heteroatoms. The summed E-state index contributed by atoms with van der Waals surface area (Å²) in [4.78, 5) is 15.3. The lowest BCUT2D eigenvalue weighted by Crippen LogP contribution is -2.58. The van der Waals surface area contributed by atoms with E-state index in [1.807, 2.05) is 18.0 Å². The predicted octanol–water partition coefficient (Wildman–Crippen LogP) is 2.14. The zero-order valence-electron chi connectivity index (χ0n) is 15.7. The van der Waals surface area contributed by atoms with Gasteiger partial charge in [-0.05, 0) is 43.5 Å². The molecule has 6 nitrogen and oxygen atoms in total. The third-order valence-electron chi connectivity index (χ3n) is 6.48. The predicted molar refractivity (Wildman–Crippen MR) is 95.3 cm³/mol. The van der Waals surface area contributed by atoms with Gasteiger partial charge in [-0.25, -0.2) is 0 Å². The van der Waals surface area contributed by atoms with E-state index in [1.54, 1.807) is 27.4 Å². The van der Waals surface area contributed by atoms with E-state index in [-0.39, 0.29) is 11.5 Å². The number of allylic oxidation sites excluding steroid dienone is 1. The van der Waals surface area contributed by atoms with Crippen LogP contribution >= 0.6 is 0 Å². The minimum atomic E-state index is -1.17. The number of carbonyl (C=O) groups excluding carboxylic acids is 1. The van der Waals surface area contributed by atoms with Gasteiger partial charge in [0, 0.05) is 31.1 Å². The highest BCUT2D eigenvalue weighted by Gasteiger charge is 2.62. The van der Waals surface area contributed by atoms with Crippen molar-refractivity contribution in [3.05, 3.63) is 34.6 Å². The highest BCUT2D eigenvalue weighted by Crippen LogP contribution is 2.59. The van der Waals surface area contributed by atoms with Crippen LogP contribution in [0.4, 0.5) is 0 Å². The molecule has 0 aromatic heterocycles. The maximum absolute atomic E-state index is 13.3. The highest BCUT2D eigenvalue weighted by atomic mass is 16.6. The second-order valence-electron chi connectivity index (χ2n) is 7.36. The van der Waals surface area contributed by atoms with Crippen LogP contribution in [0.5, 0.6) is 11.5 Å². The number of Topliss-reactive ketones (excluding diaryl/α,β-unsaturated/α-hetero) is 1. The molecule has 2 heterocycles. The second kappa shape index (κ2) is 5.72. The Morgan fingerprint density at radius 1 is 1.15 bits per heavy atom. The number of ether oxygens (including phenoxy) is 3. The molecule has 0 amide bonds. The number of nitrogens with zero attached hydrogens (tertiary/aromatic N) is 1. The molecule has 1 spiro atoms. The van der Waals surface area contributed by atoms with Crippen LogP contribution in [0.15, 0.2) is 23.5 Å². The van der Waals surface area contributed by atoms with Crippen molar-refractivity contribution in [1.29, 1.82) is 0 Å². The van der Waals surface area contributed by atoms with Gasteiger partial charge < -0.3 is 19.3 Å². The molecule has 1 saturated heterocycles. The van der Waals surface area contributed by atoms with Crippen molar-refractivity contribution in [2.45, 2.75) is 36.8 Å². The molecule has 26 heavy (non-hydrogen) atoms. The summed E-state index contributed by atoms with van der Waals surface area (Å²) in [7, 11) is 6.59. The van der Waals surface area contributed by atoms with Gasteiger partial charge in [0.05, 0.1) is 14.2 Å². The number of likely N-dealkylation sites (N-methyl/N-ethyl adjacent to an activating group) is 1. The molecule has 5 rings (SSSR count). The van der Waals surface area contributed by atoms with Crippen LogP contribution in [0, 0.1) is 0 Å². The number of aryl methyl sites for hydroxylation is 1. The lowest BCUT2D eigenvalue weighted by atomic mass is 9.59. The minimum Gasteiger partial charge on any atom is -0.504 e. The molecule has 4 aliphatic rings. The van der Waals surface area contributed by atoms with Crippen LogP contribution in [0.1, 0.15) is 30.4 Å². The fraction of sp³-hybridized carbons (Fsp3) is 0.550. The summed E-state index contributed by atoms with van der Waals surface area (Å²) in [6.07, 6.45) is 2.58. The summed E-state index contributed by atoms with van der Waals surface area (Å²) in [5.74, 6) is 1.13. The topological polar surface area (TPSA) is 68.2 Å². The van der Waals surface area contributed by atoms with Crippen molar-refractivity contribution >= 4 is 5.78 Å². The smallest absolute Gasteiger partial charge is 0.239 e. The third-order valence-corrected chi connectivity index (χ3v) is 6.48. The molecule has 1 N–H and O–H groups in total. The zero-order chi connectivity index (χ0) is 18.7. The van der Waals surface area contributed by atoms with Gasteiger partial charge in [-0.1, -0.05) is 6.07 Å². The van der Waals surface area contributed by atoms with Crippen LogP contribution < -0.4 is 4.74 Å². The van der Waals surface area contributed by atoms with Crippen molar-refractivity contribution in [1.82, 2.24) is 4.90 Å². The molecular weight excluding hydrogens is 334 g/mol. The number of hydrogen-bond donors (Lipinski definition) is 1. The molecule has 2 atom stereocenters. The highest BCUT2D eigenvalue weighted by molar-refractivity contribution is 5.94. The summed E-state index contributed by atoms with van der Waals surface area (Å²) in [6, 6.07) is 3.80. The van der Waals surface area contributed by atoms with Crippen LogP contribution in [0.3, 0.4) is 0 Å². The lowest BCUT2D eigenvalue weighted by Gasteiger charge is -2.47. The molecule has 2 bridgehead atoms. The van der Waals surface area contributed by atoms with E-state index in [2.05, 4.69) is 0 Å². The van der Waals surface area contributed by atoms with Crippen molar-refractivity contribution in [3.8, 4) is 11.5 Å². The van der Waals surface area contributed by atoms with Crippen molar-refractivity contribution in [3.63, 3.8) is 0 Å². The van der Waals surface area contributed by atoms with Crippen LogP contribution in [-0.4, -0.2) is 56.4 Å². The first kappa shape index (κ1) is 17.4. The monoisotopic (exact) mass is 359 g/mol. The lowest BCUT2D eigenvalue weighted by molar-refractivity contribution is -0.165. The van der Waals surface area contributed by atoms with Crippen LogP contribution in [-0.2, 0) is 26.1 Å². The number of methoxy groups -OCH3 is 3. The standard InChI is InChI=1S/C20H25NO5/c1-21-10-9-19-11-15(22)20(21,26-4)18(25-3)13(19)7-5-12-6-8-14(24-2)17(23)16(12)19/h6,8,23H,5,7,9-11H2,1-4H3/t19-,20+/m1/s1. The Labute approximate surface area is 153 Å². The van der Waals surface area contributed by atoms with Gasteiger partial charge in [0.2, 0.25) is 5.72 Å². The van der Waals surface area contributed by atoms with E-state index in [0.29, 0.717) is 24.5 Å². The summed E-state index contributed by atoms with van der Waals surface area (Å²) in [5.41, 5.74) is 1.23. The summed E-state index contributed by atoms with van der Waals surface area (Å²) in [5, 5.41) is 11.0. The molecule has 2 aliphatic heterocycles. The van der Waals surface area contributed by atoms with E-state index < -0.39 is 11.1 Å². The van der Waals surface area contributed by atoms with Gasteiger partial charge in [0.1, 0.15) is 0 Å². The second-order valence-corrected chi connectivity index (χ2v) is 7.36. The van der Waals surface area contributed by atoms with E-state index in [4.69, 9.17) is 14.2 Å².